The van der Waals surface area contributed by atoms with Crippen LogP contribution in [0.1, 0.15) is 0 Å². The number of hydrogen-bond donors (Lipinski definition) is 3. The number of nitrogens with zero attached hydrogens (tertiary/aromatic N) is 2. The van der Waals surface area contributed by atoms with Crippen molar-refractivity contribution >= 4 is 24.0 Å². The predicted molar refractivity (Wildman–Crippen MR) is 52.8 cm³/mol. The molecule has 2 N–H and O–H groups in total. The summed E-state index contributed by atoms with van der Waals surface area (Å²) in [6.07, 6.45) is 0. The van der Waals surface area contributed by atoms with E-state index in [-0.39, 0.29) is 11.2 Å². The van der Waals surface area contributed by atoms with Crippen LogP contribution >= 0.6 is 12.8 Å². The minimum atomic E-state index is -0.648. The third-order valence-corrected chi connectivity index (χ3v) is 2.27. The minimum absolute atomic E-state index is 0.0344. The van der Waals surface area contributed by atoms with Gasteiger partial charge in [-0.3, -0.25) is 19.3 Å². The maximum absolute atomic E-state index is 11.4. The van der Waals surface area contributed by atoms with Crippen LogP contribution < -0.4 is 16.9 Å². The average molecular weight is 214 g/mol. The van der Waals surface area contributed by atoms with Crippen LogP contribution in [0.25, 0.3) is 11.2 Å². The van der Waals surface area contributed by atoms with Gasteiger partial charge in [0, 0.05) is 7.05 Å². The molecule has 8 heteroatoms. The molecule has 74 valence electrons. The van der Waals surface area contributed by atoms with Gasteiger partial charge >= 0.3 is 11.4 Å². The molecule has 0 saturated heterocycles. The molecule has 7 nitrogen and oxygen atoms in total. The van der Waals surface area contributed by atoms with Gasteiger partial charge in [-0.2, -0.15) is 0 Å². The average Bonchev–Trinajstić information content (AvgIpc) is 2.54. The highest BCUT2D eigenvalue weighted by Crippen LogP contribution is 1.95. The Morgan fingerprint density at radius 2 is 1.86 bits per heavy atom. The summed E-state index contributed by atoms with van der Waals surface area (Å²) in [5.74, 6) is 0. The van der Waals surface area contributed by atoms with Gasteiger partial charge in [-0.15, -0.1) is 0 Å². The maximum Gasteiger partial charge on any atom is 0.342 e. The largest absolute Gasteiger partial charge is 0.342 e. The summed E-state index contributed by atoms with van der Waals surface area (Å²) in [5.41, 5.74) is -1.60. The van der Waals surface area contributed by atoms with E-state index in [1.807, 2.05) is 0 Å². The summed E-state index contributed by atoms with van der Waals surface area (Å²) in [6.45, 7) is 0. The molecule has 2 heterocycles. The van der Waals surface area contributed by atoms with Crippen molar-refractivity contribution in [1.82, 2.24) is 18.5 Å². The maximum atomic E-state index is 11.4. The Kier molecular flexibility index (Phi) is 1.68. The second kappa shape index (κ2) is 2.64. The second-order valence-corrected chi connectivity index (χ2v) is 3.16. The van der Waals surface area contributed by atoms with E-state index in [0.717, 1.165) is 4.57 Å². The van der Waals surface area contributed by atoms with Crippen LogP contribution in [0.15, 0.2) is 14.4 Å². The van der Waals surface area contributed by atoms with Gasteiger partial charge in [-0.1, -0.05) is 12.8 Å². The Morgan fingerprint density at radius 3 is 2.50 bits per heavy atom. The van der Waals surface area contributed by atoms with Crippen LogP contribution in [0.2, 0.25) is 0 Å². The van der Waals surface area contributed by atoms with Crippen molar-refractivity contribution in [1.29, 1.82) is 0 Å². The van der Waals surface area contributed by atoms with E-state index >= 15 is 0 Å². The summed E-state index contributed by atoms with van der Waals surface area (Å²) >= 11 is 3.70. The first-order valence-corrected chi connectivity index (χ1v) is 4.05. The van der Waals surface area contributed by atoms with Crippen molar-refractivity contribution in [3.63, 3.8) is 0 Å². The molecule has 0 bridgehead atoms. The van der Waals surface area contributed by atoms with Crippen molar-refractivity contribution in [2.75, 3.05) is 0 Å². The van der Waals surface area contributed by atoms with Gasteiger partial charge in [-0.25, -0.2) is 13.6 Å². The van der Waals surface area contributed by atoms with Crippen LogP contribution in [0.4, 0.5) is 0 Å². The van der Waals surface area contributed by atoms with Gasteiger partial charge in [0.15, 0.2) is 5.52 Å². The molecular formula is C6H6N4O3S. The van der Waals surface area contributed by atoms with E-state index in [2.05, 4.69) is 22.8 Å². The number of imidazole rings is 1. The third kappa shape index (κ3) is 0.970. The molecule has 0 unspecified atom stereocenters. The lowest BCUT2D eigenvalue weighted by molar-refractivity contribution is 0.813. The highest BCUT2D eigenvalue weighted by Gasteiger charge is 2.10. The Balaban J connectivity index is 3.26. The lowest BCUT2D eigenvalue weighted by Gasteiger charge is -2.00. The van der Waals surface area contributed by atoms with Crippen molar-refractivity contribution in [2.24, 2.45) is 7.05 Å². The van der Waals surface area contributed by atoms with Crippen LogP contribution in [0, 0.1) is 0 Å². The Bertz CT molecular complexity index is 673. The molecule has 0 spiro atoms. The van der Waals surface area contributed by atoms with Gasteiger partial charge in [-0.05, 0) is 0 Å². The van der Waals surface area contributed by atoms with Crippen molar-refractivity contribution < 1.29 is 0 Å². The van der Waals surface area contributed by atoms with E-state index < -0.39 is 16.9 Å². The predicted octanol–water partition coefficient (Wildman–Crippen LogP) is -1.59. The Hall–Kier alpha value is -1.70. The molecule has 0 atom stereocenters. The first kappa shape index (κ1) is 8.88. The van der Waals surface area contributed by atoms with Crippen molar-refractivity contribution in [3.8, 4) is 0 Å². The van der Waals surface area contributed by atoms with Gasteiger partial charge in [0.05, 0.1) is 0 Å². The topological polar surface area (TPSA) is 92.7 Å². The van der Waals surface area contributed by atoms with E-state index in [1.54, 1.807) is 0 Å². The molecule has 2 rings (SSSR count). The number of H-pyrrole nitrogens is 2. The summed E-state index contributed by atoms with van der Waals surface area (Å²) < 4.78 is 1.76. The number of aromatic nitrogens is 4. The first-order valence-electron chi connectivity index (χ1n) is 3.65. The minimum Gasteiger partial charge on any atom is -0.300 e. The van der Waals surface area contributed by atoms with E-state index in [0.29, 0.717) is 3.97 Å². The monoisotopic (exact) mass is 214 g/mol. The van der Waals surface area contributed by atoms with Gasteiger partial charge < -0.3 is 0 Å². The molecule has 0 aliphatic rings. The SMILES string of the molecule is Cn1c(=O)n(S)c(=O)c2[nH]c(=O)[nH]c21. The molecule has 0 amide bonds. The first-order chi connectivity index (χ1) is 6.52. The Morgan fingerprint density at radius 1 is 1.21 bits per heavy atom. The van der Waals surface area contributed by atoms with Crippen LogP contribution in [0.3, 0.4) is 0 Å². The van der Waals surface area contributed by atoms with E-state index in [4.69, 9.17) is 0 Å². The van der Waals surface area contributed by atoms with E-state index in [9.17, 15) is 14.4 Å². The van der Waals surface area contributed by atoms with Crippen molar-refractivity contribution in [3.05, 3.63) is 31.3 Å². The molecule has 2 aromatic heterocycles. The molecule has 0 saturated carbocycles. The number of nitrogens with one attached hydrogen (secondary N) is 2. The van der Waals surface area contributed by atoms with Crippen LogP contribution in [-0.4, -0.2) is 18.5 Å². The smallest absolute Gasteiger partial charge is 0.300 e. The molecule has 2 aromatic rings. The lowest BCUT2D eigenvalue weighted by atomic mass is 10.5. The number of hydrogen-bond acceptors (Lipinski definition) is 4. The standard InChI is InChI=1S/C6H6N4O3S/c1-9-3-2(7-5(12)8-3)4(11)10(14)6(9)13/h14H,1H3,(H2,7,8,12). The summed E-state index contributed by atoms with van der Waals surface area (Å²) in [4.78, 5) is 38.3. The van der Waals surface area contributed by atoms with Crippen molar-refractivity contribution in [2.45, 2.75) is 0 Å². The molecule has 0 aliphatic heterocycles. The molecule has 0 aromatic carbocycles. The molecule has 0 fully saturated rings. The summed E-state index contributed by atoms with van der Waals surface area (Å²) in [6, 6.07) is 0. The third-order valence-electron chi connectivity index (χ3n) is 1.92. The fourth-order valence-electron chi connectivity index (χ4n) is 1.21. The normalized spacial score (nSPS) is 11.0. The fourth-order valence-corrected chi connectivity index (χ4v) is 1.44. The summed E-state index contributed by atoms with van der Waals surface area (Å²) in [5, 5.41) is 0. The van der Waals surface area contributed by atoms with Crippen LogP contribution in [-0.2, 0) is 7.05 Å². The zero-order valence-corrected chi connectivity index (χ0v) is 7.96. The number of thiol groups is 1. The number of aryl methyl sites for hydroxylation is 1. The van der Waals surface area contributed by atoms with Gasteiger partial charge in [0.25, 0.3) is 5.56 Å². The number of fused-ring (bicyclic) bond motifs is 1. The van der Waals surface area contributed by atoms with E-state index in [1.165, 1.54) is 7.05 Å². The number of rotatable bonds is 0. The molecule has 0 aliphatic carbocycles. The number of aromatic amines is 2. The second-order valence-electron chi connectivity index (χ2n) is 2.76. The summed E-state index contributed by atoms with van der Waals surface area (Å²) in [7, 11) is 1.43. The highest BCUT2D eigenvalue weighted by molar-refractivity contribution is 7.78. The van der Waals surface area contributed by atoms with Gasteiger partial charge in [0.1, 0.15) is 5.65 Å². The molecule has 14 heavy (non-hydrogen) atoms. The van der Waals surface area contributed by atoms with Gasteiger partial charge in [0.2, 0.25) is 0 Å². The quantitative estimate of drug-likeness (QED) is 0.461. The Labute approximate surface area is 81.5 Å². The zero-order chi connectivity index (χ0) is 10.5. The molecule has 0 radical (unpaired) electrons. The zero-order valence-electron chi connectivity index (χ0n) is 7.07. The highest BCUT2D eigenvalue weighted by atomic mass is 32.1. The fraction of sp³-hybridized carbons (Fsp3) is 0.167. The van der Waals surface area contributed by atoms with Crippen LogP contribution in [0.5, 0.6) is 0 Å². The molecular weight excluding hydrogens is 208 g/mol. The lowest BCUT2D eigenvalue weighted by Crippen LogP contribution is -2.34.